The highest BCUT2D eigenvalue weighted by molar-refractivity contribution is 6.49. The number of ether oxygens (including phenoxy) is 4. The summed E-state index contributed by atoms with van der Waals surface area (Å²) in [6, 6.07) is 47.3. The first-order valence-electron chi connectivity index (χ1n) is 17.6. The van der Waals surface area contributed by atoms with Crippen molar-refractivity contribution in [3.63, 3.8) is 0 Å². The zero-order valence-electron chi connectivity index (χ0n) is 30.5. The third-order valence-corrected chi connectivity index (χ3v) is 9.21. The van der Waals surface area contributed by atoms with Gasteiger partial charge in [-0.3, -0.25) is 4.79 Å². The number of methoxy groups -OCH3 is 2. The summed E-state index contributed by atoms with van der Waals surface area (Å²) < 4.78 is 23.3. The first kappa shape index (κ1) is 38.4. The highest BCUT2D eigenvalue weighted by atomic mass is 35.5. The first-order chi connectivity index (χ1) is 27.0. The number of carbonyl (C=O) groups excluding carboxylic acids is 1. The average Bonchev–Trinajstić information content (AvgIpc) is 3.25. The van der Waals surface area contributed by atoms with Gasteiger partial charge in [-0.25, -0.2) is 0 Å². The van der Waals surface area contributed by atoms with Crippen molar-refractivity contribution in [2.45, 2.75) is 18.8 Å². The highest BCUT2D eigenvalue weighted by Gasteiger charge is 2.40. The van der Waals surface area contributed by atoms with E-state index in [0.717, 1.165) is 33.6 Å². The second-order valence-corrected chi connectivity index (χ2v) is 12.7. The third-order valence-electron chi connectivity index (χ3n) is 8.84. The molecule has 0 aliphatic carbocycles. The molecule has 6 aromatic rings. The Balaban J connectivity index is 1.46. The molecular weight excluding hydrogens is 716 g/mol. The Bertz CT molecular complexity index is 2070. The van der Waals surface area contributed by atoms with Gasteiger partial charge in [0.1, 0.15) is 24.7 Å². The maximum atomic E-state index is 14.0. The fourth-order valence-electron chi connectivity index (χ4n) is 5.99. The van der Waals surface area contributed by atoms with Crippen molar-refractivity contribution in [2.75, 3.05) is 27.4 Å². The van der Waals surface area contributed by atoms with Gasteiger partial charge in [0.25, 0.3) is 5.91 Å². The zero-order valence-corrected chi connectivity index (χ0v) is 31.2. The summed E-state index contributed by atoms with van der Waals surface area (Å²) in [4.78, 5) is 20.7. The molecule has 6 rings (SSSR count). The molecule has 9 nitrogen and oxygen atoms in total. The second kappa shape index (κ2) is 18.6. The molecule has 0 radical (unpaired) electrons. The molecule has 0 bridgehead atoms. The van der Waals surface area contributed by atoms with E-state index in [9.17, 15) is 9.90 Å². The van der Waals surface area contributed by atoms with Crippen LogP contribution in [0.3, 0.4) is 0 Å². The van der Waals surface area contributed by atoms with E-state index < -0.39 is 11.5 Å². The number of nitrogens with one attached hydrogen (secondary N) is 1. The number of carbonyl (C=O) groups is 1. The fourth-order valence-corrected chi connectivity index (χ4v) is 6.29. The molecule has 6 aromatic carbocycles. The molecule has 0 saturated carbocycles. The maximum Gasteiger partial charge on any atom is 0.274 e. The normalized spacial score (nSPS) is 11.4. The van der Waals surface area contributed by atoms with Gasteiger partial charge in [-0.2, -0.15) is 0 Å². The van der Waals surface area contributed by atoms with E-state index in [2.05, 4.69) is 10.5 Å². The lowest BCUT2D eigenvalue weighted by Gasteiger charge is -2.33. The van der Waals surface area contributed by atoms with Crippen molar-refractivity contribution < 1.29 is 33.7 Å². The van der Waals surface area contributed by atoms with Crippen molar-refractivity contribution in [3.05, 3.63) is 190 Å². The summed E-state index contributed by atoms with van der Waals surface area (Å²) >= 11 is 7.22. The van der Waals surface area contributed by atoms with Gasteiger partial charge in [0.2, 0.25) is 5.60 Å². The highest BCUT2D eigenvalue weighted by Crippen LogP contribution is 2.42. The van der Waals surface area contributed by atoms with Crippen LogP contribution in [-0.4, -0.2) is 44.1 Å². The summed E-state index contributed by atoms with van der Waals surface area (Å²) in [6.07, 6.45) is 0. The molecular formula is C45H41ClN2O7. The number of halogens is 1. The van der Waals surface area contributed by atoms with Crippen LogP contribution in [-0.2, 0) is 28.4 Å². The molecule has 0 saturated heterocycles. The van der Waals surface area contributed by atoms with Crippen LogP contribution in [0, 0.1) is 0 Å². The van der Waals surface area contributed by atoms with Crippen LogP contribution in [0.4, 0.5) is 0 Å². The molecule has 55 heavy (non-hydrogen) atoms. The van der Waals surface area contributed by atoms with Gasteiger partial charge in [-0.05, 0) is 47.5 Å². The summed E-state index contributed by atoms with van der Waals surface area (Å²) in [6.45, 7) is 0.0166. The van der Waals surface area contributed by atoms with Crippen LogP contribution >= 0.6 is 11.6 Å². The van der Waals surface area contributed by atoms with E-state index >= 15 is 0 Å². The monoisotopic (exact) mass is 756 g/mol. The van der Waals surface area contributed by atoms with Crippen LogP contribution < -0.4 is 24.3 Å². The van der Waals surface area contributed by atoms with Crippen LogP contribution in [0.5, 0.6) is 23.0 Å². The Labute approximate surface area is 325 Å². The number of hydrogen-bond acceptors (Lipinski definition) is 8. The minimum atomic E-state index is -1.28. The molecule has 2 N–H and O–H groups in total. The number of benzene rings is 6. The summed E-state index contributed by atoms with van der Waals surface area (Å²) in [5.41, 5.74) is 2.88. The number of amides is 1. The predicted octanol–water partition coefficient (Wildman–Crippen LogP) is 8.34. The Morgan fingerprint density at radius 2 is 1.13 bits per heavy atom. The SMILES string of the molecule is COc1ccc(COc2ccc(/C(=N/OC(c3ccccc3)(c3ccccc3)c3ccccc3)C(=O)NCCO)c(Cl)c2OCc2ccc(OC)cc2)cc1. The number of hydrogen-bond donors (Lipinski definition) is 2. The molecule has 0 fully saturated rings. The van der Waals surface area contributed by atoms with E-state index in [1.807, 2.05) is 140 Å². The van der Waals surface area contributed by atoms with E-state index in [1.54, 1.807) is 26.4 Å². The lowest BCUT2D eigenvalue weighted by molar-refractivity contribution is -0.115. The molecule has 1 amide bonds. The minimum Gasteiger partial charge on any atom is -0.497 e. The molecule has 0 aliphatic heterocycles. The van der Waals surface area contributed by atoms with Crippen molar-refractivity contribution >= 4 is 23.2 Å². The molecule has 0 unspecified atom stereocenters. The van der Waals surface area contributed by atoms with E-state index in [-0.39, 0.29) is 48.4 Å². The minimum absolute atomic E-state index is 0.0272. The maximum absolute atomic E-state index is 14.0. The Hall–Kier alpha value is -6.29. The van der Waals surface area contributed by atoms with Crippen LogP contribution in [0.1, 0.15) is 33.4 Å². The first-order valence-corrected chi connectivity index (χ1v) is 18.0. The topological polar surface area (TPSA) is 108 Å². The summed E-state index contributed by atoms with van der Waals surface area (Å²) in [7, 11) is 3.21. The Morgan fingerprint density at radius 3 is 1.58 bits per heavy atom. The number of nitrogens with zero attached hydrogens (tertiary/aromatic N) is 1. The van der Waals surface area contributed by atoms with Gasteiger partial charge in [0, 0.05) is 28.8 Å². The lowest BCUT2D eigenvalue weighted by atomic mass is 9.80. The van der Waals surface area contributed by atoms with Crippen molar-refractivity contribution in [3.8, 4) is 23.0 Å². The van der Waals surface area contributed by atoms with Crippen LogP contribution in [0.15, 0.2) is 157 Å². The van der Waals surface area contributed by atoms with Gasteiger partial charge < -0.3 is 34.2 Å². The lowest BCUT2D eigenvalue weighted by Crippen LogP contribution is -2.36. The molecule has 0 spiro atoms. The van der Waals surface area contributed by atoms with E-state index in [4.69, 9.17) is 35.4 Å². The molecule has 280 valence electrons. The van der Waals surface area contributed by atoms with Gasteiger partial charge in [0.15, 0.2) is 17.2 Å². The van der Waals surface area contributed by atoms with Crippen LogP contribution in [0.2, 0.25) is 5.02 Å². The van der Waals surface area contributed by atoms with Crippen LogP contribution in [0.25, 0.3) is 0 Å². The molecule has 10 heteroatoms. The summed E-state index contributed by atoms with van der Waals surface area (Å²) in [5, 5.41) is 17.1. The fraction of sp³-hybridized carbons (Fsp3) is 0.156. The smallest absolute Gasteiger partial charge is 0.274 e. The van der Waals surface area contributed by atoms with E-state index in [0.29, 0.717) is 11.5 Å². The quantitative estimate of drug-likeness (QED) is 0.0548. The molecule has 0 heterocycles. The number of aliphatic hydroxyl groups excluding tert-OH is 1. The Kier molecular flexibility index (Phi) is 13.0. The second-order valence-electron chi connectivity index (χ2n) is 12.3. The Morgan fingerprint density at radius 1 is 0.655 bits per heavy atom. The van der Waals surface area contributed by atoms with E-state index in [1.165, 1.54) is 0 Å². The number of oxime groups is 1. The van der Waals surface area contributed by atoms with Crippen molar-refractivity contribution in [1.82, 2.24) is 5.32 Å². The van der Waals surface area contributed by atoms with Crippen molar-refractivity contribution in [1.29, 1.82) is 0 Å². The third kappa shape index (κ3) is 9.09. The average molecular weight is 757 g/mol. The van der Waals surface area contributed by atoms with Gasteiger partial charge in [-0.1, -0.05) is 132 Å². The van der Waals surface area contributed by atoms with Gasteiger partial charge in [0.05, 0.1) is 25.8 Å². The largest absolute Gasteiger partial charge is 0.497 e. The van der Waals surface area contributed by atoms with Gasteiger partial charge in [-0.15, -0.1) is 0 Å². The van der Waals surface area contributed by atoms with Gasteiger partial charge >= 0.3 is 0 Å². The number of rotatable bonds is 17. The molecule has 0 aromatic heterocycles. The zero-order chi connectivity index (χ0) is 38.5. The molecule has 0 atom stereocenters. The van der Waals surface area contributed by atoms with Crippen molar-refractivity contribution in [2.24, 2.45) is 5.16 Å². The standard InChI is InChI=1S/C45H41ClN2O7/c1-51-37-22-18-32(19-23-37)30-53-40-27-26-39(41(46)43(40)54-31-33-20-24-38(52-2)25-21-33)42(44(50)47-28-29-49)48-55-45(34-12-6-3-7-13-34,35-14-8-4-9-15-35)36-16-10-5-11-17-36/h3-27,49H,28-31H2,1-2H3,(H,47,50)/b48-42-. The number of aliphatic hydroxyl groups is 1. The predicted molar refractivity (Wildman–Crippen MR) is 213 cm³/mol. The molecule has 0 aliphatic rings. The summed E-state index contributed by atoms with van der Waals surface area (Å²) in [5.74, 6) is 1.36.